The SMILES string of the molecule is Cc1nn(-c2ccccc2)c(C)c1CNC(=O)[C@H]1CCCN(C(N)=O)C1. The quantitative estimate of drug-likeness (QED) is 0.877. The average molecular weight is 355 g/mol. The number of para-hydroxylation sites is 1. The van der Waals surface area contributed by atoms with Gasteiger partial charge in [-0.3, -0.25) is 4.79 Å². The molecule has 7 heteroatoms. The number of nitrogens with two attached hydrogens (primary N) is 1. The van der Waals surface area contributed by atoms with Crippen molar-refractivity contribution in [1.82, 2.24) is 20.0 Å². The van der Waals surface area contributed by atoms with Crippen LogP contribution in [0.3, 0.4) is 0 Å². The van der Waals surface area contributed by atoms with Gasteiger partial charge in [-0.25, -0.2) is 9.48 Å². The van der Waals surface area contributed by atoms with Crippen LogP contribution in [0.1, 0.15) is 29.8 Å². The van der Waals surface area contributed by atoms with E-state index >= 15 is 0 Å². The predicted molar refractivity (Wildman–Crippen MR) is 98.8 cm³/mol. The molecule has 2 aromatic rings. The zero-order valence-electron chi connectivity index (χ0n) is 15.2. The fourth-order valence-corrected chi connectivity index (χ4v) is 3.46. The second-order valence-corrected chi connectivity index (χ2v) is 6.74. The molecule has 138 valence electrons. The van der Waals surface area contributed by atoms with Gasteiger partial charge >= 0.3 is 6.03 Å². The standard InChI is InChI=1S/C19H25N5O2/c1-13-17(14(2)24(22-13)16-8-4-3-5-9-16)11-21-18(25)15-7-6-10-23(12-15)19(20)26/h3-5,8-9,15H,6-7,10-12H2,1-2H3,(H2,20,26)(H,21,25)/t15-/m0/s1. The Balaban J connectivity index is 1.67. The van der Waals surface area contributed by atoms with Crippen LogP contribution in [0, 0.1) is 19.8 Å². The summed E-state index contributed by atoms with van der Waals surface area (Å²) in [7, 11) is 0. The first-order chi connectivity index (χ1) is 12.5. The minimum atomic E-state index is -0.460. The molecule has 0 spiro atoms. The summed E-state index contributed by atoms with van der Waals surface area (Å²) in [5, 5.41) is 7.61. The van der Waals surface area contributed by atoms with Crippen molar-refractivity contribution < 1.29 is 9.59 Å². The summed E-state index contributed by atoms with van der Waals surface area (Å²) in [4.78, 5) is 25.4. The molecule has 1 aliphatic rings. The van der Waals surface area contributed by atoms with Crippen LogP contribution in [-0.2, 0) is 11.3 Å². The van der Waals surface area contributed by atoms with Gasteiger partial charge in [0.05, 0.1) is 17.3 Å². The number of nitrogens with zero attached hydrogens (tertiary/aromatic N) is 3. The number of likely N-dealkylation sites (tertiary alicyclic amines) is 1. The topological polar surface area (TPSA) is 93.2 Å². The largest absolute Gasteiger partial charge is 0.352 e. The van der Waals surface area contributed by atoms with Crippen LogP contribution >= 0.6 is 0 Å². The first kappa shape index (κ1) is 18.0. The second kappa shape index (κ2) is 7.59. The van der Waals surface area contributed by atoms with Gasteiger partial charge in [-0.05, 0) is 38.8 Å². The van der Waals surface area contributed by atoms with Crippen molar-refractivity contribution in [2.45, 2.75) is 33.2 Å². The zero-order valence-corrected chi connectivity index (χ0v) is 15.2. The van der Waals surface area contributed by atoms with Crippen molar-refractivity contribution in [3.05, 3.63) is 47.3 Å². The van der Waals surface area contributed by atoms with Crippen LogP contribution in [0.15, 0.2) is 30.3 Å². The lowest BCUT2D eigenvalue weighted by molar-refractivity contribution is -0.126. The van der Waals surface area contributed by atoms with Gasteiger partial charge in [0, 0.05) is 30.9 Å². The van der Waals surface area contributed by atoms with E-state index < -0.39 is 6.03 Å². The Hall–Kier alpha value is -2.83. The highest BCUT2D eigenvalue weighted by Gasteiger charge is 2.27. The molecule has 3 rings (SSSR count). The number of carbonyl (C=O) groups is 2. The summed E-state index contributed by atoms with van der Waals surface area (Å²) in [5.74, 6) is -0.247. The van der Waals surface area contributed by atoms with Crippen LogP contribution in [0.2, 0.25) is 0 Å². The number of urea groups is 1. The highest BCUT2D eigenvalue weighted by atomic mass is 16.2. The normalized spacial score (nSPS) is 17.2. The molecular weight excluding hydrogens is 330 g/mol. The Labute approximate surface area is 153 Å². The van der Waals surface area contributed by atoms with E-state index in [4.69, 9.17) is 5.73 Å². The van der Waals surface area contributed by atoms with Crippen molar-refractivity contribution in [3.8, 4) is 5.69 Å². The van der Waals surface area contributed by atoms with E-state index in [-0.39, 0.29) is 11.8 Å². The van der Waals surface area contributed by atoms with Crippen LogP contribution < -0.4 is 11.1 Å². The number of aromatic nitrogens is 2. The third-order valence-corrected chi connectivity index (χ3v) is 4.99. The van der Waals surface area contributed by atoms with Gasteiger partial charge < -0.3 is 16.0 Å². The molecule has 3 N–H and O–H groups in total. The number of amides is 3. The summed E-state index contributed by atoms with van der Waals surface area (Å²) < 4.78 is 1.90. The van der Waals surface area contributed by atoms with Crippen LogP contribution in [0.25, 0.3) is 5.69 Å². The monoisotopic (exact) mass is 355 g/mol. The minimum absolute atomic E-state index is 0.0396. The van der Waals surface area contributed by atoms with E-state index in [2.05, 4.69) is 10.4 Å². The molecule has 0 unspecified atom stereocenters. The summed E-state index contributed by atoms with van der Waals surface area (Å²) in [5.41, 5.74) is 9.26. The van der Waals surface area contributed by atoms with E-state index in [0.717, 1.165) is 35.5 Å². The van der Waals surface area contributed by atoms with Crippen LogP contribution in [0.4, 0.5) is 4.79 Å². The lowest BCUT2D eigenvalue weighted by Crippen LogP contribution is -2.47. The third-order valence-electron chi connectivity index (χ3n) is 4.99. The Morgan fingerprint density at radius 1 is 1.27 bits per heavy atom. The zero-order chi connectivity index (χ0) is 18.7. The van der Waals surface area contributed by atoms with Gasteiger partial charge in [0.25, 0.3) is 0 Å². The molecule has 1 atom stereocenters. The molecule has 0 aliphatic carbocycles. The fraction of sp³-hybridized carbons (Fsp3) is 0.421. The highest BCUT2D eigenvalue weighted by Crippen LogP contribution is 2.19. The summed E-state index contributed by atoms with van der Waals surface area (Å²) in [6.07, 6.45) is 1.57. The average Bonchev–Trinajstić information content (AvgIpc) is 2.94. The maximum absolute atomic E-state index is 12.5. The Morgan fingerprint density at radius 3 is 2.69 bits per heavy atom. The van der Waals surface area contributed by atoms with Gasteiger partial charge in [0.2, 0.25) is 5.91 Å². The molecule has 1 fully saturated rings. The maximum atomic E-state index is 12.5. The number of aryl methyl sites for hydroxylation is 1. The van der Waals surface area contributed by atoms with Gasteiger partial charge in [-0.1, -0.05) is 18.2 Å². The summed E-state index contributed by atoms with van der Waals surface area (Å²) in [6, 6.07) is 9.46. The van der Waals surface area contributed by atoms with Crippen LogP contribution in [-0.4, -0.2) is 39.7 Å². The first-order valence-electron chi connectivity index (χ1n) is 8.90. The second-order valence-electron chi connectivity index (χ2n) is 6.74. The molecule has 1 aliphatic heterocycles. The number of hydrogen-bond acceptors (Lipinski definition) is 3. The number of primary amides is 1. The number of hydrogen-bond donors (Lipinski definition) is 2. The van der Waals surface area contributed by atoms with Gasteiger partial charge in [0.1, 0.15) is 0 Å². The number of piperidine rings is 1. The number of rotatable bonds is 4. The molecule has 0 bridgehead atoms. The first-order valence-corrected chi connectivity index (χ1v) is 8.90. The fourth-order valence-electron chi connectivity index (χ4n) is 3.46. The molecule has 2 heterocycles. The highest BCUT2D eigenvalue weighted by molar-refractivity contribution is 5.80. The molecule has 1 aromatic heterocycles. The smallest absolute Gasteiger partial charge is 0.314 e. The number of carbonyl (C=O) groups excluding carboxylic acids is 2. The van der Waals surface area contributed by atoms with Crippen molar-refractivity contribution in [3.63, 3.8) is 0 Å². The van der Waals surface area contributed by atoms with Crippen molar-refractivity contribution in [1.29, 1.82) is 0 Å². The lowest BCUT2D eigenvalue weighted by Gasteiger charge is -2.30. The van der Waals surface area contributed by atoms with Gasteiger partial charge in [0.15, 0.2) is 0 Å². The van der Waals surface area contributed by atoms with Crippen LogP contribution in [0.5, 0.6) is 0 Å². The van der Waals surface area contributed by atoms with E-state index in [1.165, 1.54) is 4.90 Å². The molecule has 0 saturated carbocycles. The molecule has 1 saturated heterocycles. The van der Waals surface area contributed by atoms with Crippen molar-refractivity contribution in [2.75, 3.05) is 13.1 Å². The third kappa shape index (κ3) is 3.71. The van der Waals surface area contributed by atoms with E-state index in [9.17, 15) is 9.59 Å². The Kier molecular flexibility index (Phi) is 5.25. The summed E-state index contributed by atoms with van der Waals surface area (Å²) in [6.45, 7) is 5.40. The molecule has 0 radical (unpaired) electrons. The molecule has 1 aromatic carbocycles. The molecule has 3 amide bonds. The lowest BCUT2D eigenvalue weighted by atomic mass is 9.97. The Bertz CT molecular complexity index is 800. The van der Waals surface area contributed by atoms with E-state index in [0.29, 0.717) is 19.6 Å². The maximum Gasteiger partial charge on any atom is 0.314 e. The summed E-state index contributed by atoms with van der Waals surface area (Å²) >= 11 is 0. The number of nitrogens with one attached hydrogen (secondary N) is 1. The molecule has 7 nitrogen and oxygen atoms in total. The van der Waals surface area contributed by atoms with Crippen molar-refractivity contribution in [2.24, 2.45) is 11.7 Å². The predicted octanol–water partition coefficient (Wildman–Crippen LogP) is 1.90. The van der Waals surface area contributed by atoms with E-state index in [1.54, 1.807) is 0 Å². The molecular formula is C19H25N5O2. The Morgan fingerprint density at radius 2 is 2.00 bits per heavy atom. The minimum Gasteiger partial charge on any atom is -0.352 e. The van der Waals surface area contributed by atoms with E-state index in [1.807, 2.05) is 48.9 Å². The van der Waals surface area contributed by atoms with Gasteiger partial charge in [-0.15, -0.1) is 0 Å². The number of benzene rings is 1. The van der Waals surface area contributed by atoms with Crippen molar-refractivity contribution >= 4 is 11.9 Å². The molecule has 26 heavy (non-hydrogen) atoms. The van der Waals surface area contributed by atoms with Gasteiger partial charge in [-0.2, -0.15) is 5.10 Å².